The van der Waals surface area contributed by atoms with Gasteiger partial charge in [0.15, 0.2) is 33.6 Å². The van der Waals surface area contributed by atoms with E-state index in [-0.39, 0.29) is 129 Å². The van der Waals surface area contributed by atoms with Gasteiger partial charge in [-0.3, -0.25) is 63.4 Å². The van der Waals surface area contributed by atoms with Crippen molar-refractivity contribution in [3.8, 4) is 24.3 Å². The average molecular weight is 1870 g/mol. The number of halogens is 5. The first-order valence-electron chi connectivity index (χ1n) is 41.3. The van der Waals surface area contributed by atoms with E-state index in [4.69, 9.17) is 87.9 Å². The van der Waals surface area contributed by atoms with Crippen molar-refractivity contribution in [2.24, 2.45) is 20.0 Å². The van der Waals surface area contributed by atoms with Crippen LogP contribution in [0.2, 0.25) is 25.1 Å². The first-order valence-corrected chi connectivity index (χ1v) is 43.2. The highest BCUT2D eigenvalue weighted by Gasteiger charge is 2.56. The number of aromatic nitrogens is 5. The van der Waals surface area contributed by atoms with Gasteiger partial charge in [-0.2, -0.15) is 21.0 Å². The number of pyridine rings is 1. The van der Waals surface area contributed by atoms with Crippen molar-refractivity contribution in [2.45, 2.75) is 140 Å². The summed E-state index contributed by atoms with van der Waals surface area (Å²) in [5, 5.41) is 77.8. The lowest BCUT2D eigenvalue weighted by Gasteiger charge is -2.27. The number of para-hydroxylation sites is 2. The molecule has 0 saturated heterocycles. The Labute approximate surface area is 770 Å². The molecule has 8 N–H and O–H groups in total. The summed E-state index contributed by atoms with van der Waals surface area (Å²) in [5.41, 5.74) is 9.24. The number of hydrogen-bond acceptors (Lipinski definition) is 29. The Hall–Kier alpha value is -13.7. The molecule has 4 saturated carbocycles. The minimum Gasteiger partial charge on any atom is -0.465 e. The van der Waals surface area contributed by atoms with Crippen molar-refractivity contribution in [1.82, 2.24) is 24.1 Å². The number of benzene rings is 7. The summed E-state index contributed by atoms with van der Waals surface area (Å²) in [5.74, 6) is -2.41. The smallest absolute Gasteiger partial charge is 0.324 e. The number of Topliss-reactive ketones (excluding diaryl/α,β-unsaturated/α-hetero) is 4. The number of aromatic amines is 1. The van der Waals surface area contributed by atoms with Crippen LogP contribution < -0.4 is 37.9 Å². The quantitative estimate of drug-likeness (QED) is 0.00930. The molecule has 0 aliphatic heterocycles. The second kappa shape index (κ2) is 42.9. The lowest BCUT2D eigenvalue weighted by atomic mass is 9.75. The number of esters is 4. The number of nitrogens with zero attached hydrogens (tertiary/aromatic N) is 10. The van der Waals surface area contributed by atoms with Gasteiger partial charge >= 0.3 is 23.9 Å². The highest BCUT2D eigenvalue weighted by molar-refractivity contribution is 6.40. The number of aryl methyl sites for hydroxylation is 4. The third-order valence-corrected chi connectivity index (χ3v) is 24.6. The summed E-state index contributed by atoms with van der Waals surface area (Å²) in [4.78, 5) is 144. The number of nitro benzene ring substituents is 2. The number of carbonyl (C=O) groups is 8. The van der Waals surface area contributed by atoms with Crippen LogP contribution in [0.3, 0.4) is 0 Å². The number of hydrogen-bond donors (Lipinski definition) is 7. The van der Waals surface area contributed by atoms with Crippen LogP contribution in [-0.4, -0.2) is 129 Å². The molecule has 5 aliphatic rings. The molecule has 0 bridgehead atoms. The van der Waals surface area contributed by atoms with Gasteiger partial charge in [0.1, 0.15) is 52.9 Å². The molecule has 0 spiro atoms. The average Bonchev–Trinajstić information content (AvgIpc) is 1.56. The molecule has 39 heteroatoms. The van der Waals surface area contributed by atoms with Crippen molar-refractivity contribution < 1.29 is 67.2 Å². The second-order valence-electron chi connectivity index (χ2n) is 30.1. The molecule has 10 aromatic rings. The number of ether oxygens (including phenoxy) is 4. The molecule has 15 rings (SSSR count). The number of fused-ring (bicyclic) bond motifs is 6. The van der Waals surface area contributed by atoms with E-state index in [0.29, 0.717) is 140 Å². The molecule has 5 aliphatic carbocycles. The maximum atomic E-state index is 13.0. The maximum absolute atomic E-state index is 13.0. The fourth-order valence-corrected chi connectivity index (χ4v) is 18.2. The zero-order chi connectivity index (χ0) is 95.0. The van der Waals surface area contributed by atoms with Crippen LogP contribution in [0.25, 0.3) is 32.8 Å². The summed E-state index contributed by atoms with van der Waals surface area (Å²) >= 11 is 30.8. The van der Waals surface area contributed by atoms with E-state index >= 15 is 0 Å². The summed E-state index contributed by atoms with van der Waals surface area (Å²) < 4.78 is 23.8. The zero-order valence-corrected chi connectivity index (χ0v) is 75.9. The Morgan fingerprint density at radius 3 is 1.32 bits per heavy atom. The van der Waals surface area contributed by atoms with Crippen LogP contribution in [0.4, 0.5) is 57.4 Å². The van der Waals surface area contributed by atoms with Crippen LogP contribution in [0.1, 0.15) is 161 Å². The number of anilines is 8. The summed E-state index contributed by atoms with van der Waals surface area (Å²) in [6.07, 6.45) is 8.38. The summed E-state index contributed by atoms with van der Waals surface area (Å²) in [6.45, 7) is 7.56. The number of nitrogen functional groups attached to an aromatic ring is 1. The van der Waals surface area contributed by atoms with E-state index in [2.05, 4.69) is 53.7 Å². The topological polar surface area (TPSA) is 510 Å². The van der Waals surface area contributed by atoms with Crippen molar-refractivity contribution in [3.05, 3.63) is 203 Å². The number of nitrogens with two attached hydrogens (primary N) is 1. The number of rotatable bonds is 20. The van der Waals surface area contributed by atoms with Crippen molar-refractivity contribution >= 4 is 195 Å². The summed E-state index contributed by atoms with van der Waals surface area (Å²) in [6, 6.07) is 34.1. The first-order chi connectivity index (χ1) is 62.2. The third kappa shape index (κ3) is 19.2. The van der Waals surface area contributed by atoms with E-state index in [9.17, 15) is 79.2 Å². The minimum absolute atomic E-state index is 0.0108. The van der Waals surface area contributed by atoms with Gasteiger partial charge in [0, 0.05) is 78.7 Å². The molecule has 4 unspecified atom stereocenters. The van der Waals surface area contributed by atoms with Gasteiger partial charge in [-0.05, 0) is 181 Å². The van der Waals surface area contributed by atoms with E-state index < -0.39 is 49.9 Å². The van der Waals surface area contributed by atoms with E-state index in [1.807, 2.05) is 35.9 Å². The Morgan fingerprint density at radius 1 is 0.500 bits per heavy atom. The second-order valence-corrected chi connectivity index (χ2v) is 32.2. The number of imidazole rings is 2. The largest absolute Gasteiger partial charge is 0.465 e. The number of carbonyl (C=O) groups excluding carboxylic acids is 8. The van der Waals surface area contributed by atoms with Crippen molar-refractivity contribution in [3.63, 3.8) is 0 Å². The monoisotopic (exact) mass is 1870 g/mol. The molecule has 4 atom stereocenters. The van der Waals surface area contributed by atoms with Gasteiger partial charge in [0.05, 0.1) is 128 Å². The fraction of sp³-hybridized carbons (Fsp3) is 0.352. The zero-order valence-electron chi connectivity index (χ0n) is 72.1. The van der Waals surface area contributed by atoms with Gasteiger partial charge in [0.2, 0.25) is 11.9 Å². The molecule has 3 aromatic heterocycles. The predicted molar refractivity (Wildman–Crippen MR) is 491 cm³/mol. The Bertz CT molecular complexity index is 6420. The maximum Gasteiger partial charge on any atom is 0.324 e. The molecule has 34 nitrogen and oxygen atoms in total. The molecule has 7 aromatic carbocycles. The number of nitrogens with one attached hydrogen (secondary N) is 6. The van der Waals surface area contributed by atoms with E-state index in [1.165, 1.54) is 43.9 Å². The Kier molecular flexibility index (Phi) is 32.5. The van der Waals surface area contributed by atoms with Crippen LogP contribution in [0.15, 0.2) is 102 Å². The van der Waals surface area contributed by atoms with Crippen molar-refractivity contribution in [1.29, 1.82) is 21.0 Å². The third-order valence-electron chi connectivity index (χ3n) is 23.1. The van der Waals surface area contributed by atoms with Crippen molar-refractivity contribution in [2.75, 3.05) is 79.9 Å². The number of nitriles is 4. The molecule has 676 valence electrons. The van der Waals surface area contributed by atoms with Gasteiger partial charge in [-0.25, -0.2) is 9.97 Å². The number of ketones is 4. The number of nitro groups is 2. The predicted octanol–water partition coefficient (Wildman–Crippen LogP) is 16.9. The Balaban J connectivity index is 0.000000167. The molecular weight excluding hydrogens is 1780 g/mol. The van der Waals surface area contributed by atoms with E-state index in [1.54, 1.807) is 107 Å². The molecule has 3 heterocycles. The SMILES string of the molecule is CCOC(=O)C1(c2ccc(N)c(NC)c2C#N)CCCC1=O.CCOC(=O)C1(c2ccc([N+](=O)[O-])c(NC)c2C#N)CCCC1=O.CCOC(=O)C1(c2ccc3nc(Nc4c(Cl)cccc4Cl)n(C)c3c2C#N)CCCC1=O.CCOC(=O)C1CCCC1=O.CNc1c([N+](=O)[O-])ccc(Cl)c1C#N.Cn1c(Nc2c(Cl)cccc2Cl)nc2ccc3c4c([nH]c(=O)c3c21)CCC4. The summed E-state index contributed by atoms with van der Waals surface area (Å²) in [7, 11) is 8.21. The molecule has 0 amide bonds. The lowest BCUT2D eigenvalue weighted by molar-refractivity contribution is -0.384. The minimum atomic E-state index is -1.57. The van der Waals surface area contributed by atoms with Gasteiger partial charge in [-0.1, -0.05) is 88.3 Å². The van der Waals surface area contributed by atoms with Crippen LogP contribution in [-0.2, 0) is 100 Å². The van der Waals surface area contributed by atoms with Gasteiger partial charge in [0.25, 0.3) is 16.9 Å². The van der Waals surface area contributed by atoms with Gasteiger partial charge in [-0.15, -0.1) is 0 Å². The number of H-pyrrole nitrogens is 1. The molecule has 4 fully saturated rings. The fourth-order valence-electron chi connectivity index (χ4n) is 17.0. The molecule has 130 heavy (non-hydrogen) atoms. The standard InChI is InChI=1S/C23H20Cl2N4O3.C20H16Cl2N4O.C16H17N3O5.C16H19N3O3.C8H6ClN3O2.C8H12O3/c1-3-32-21(31)23(11-5-8-18(23)30)14-9-10-17-20(13(14)12-26)29(2)22(27-17)28-19-15(24)6-4-7-16(19)25;1-26-18-15(24-20(26)25-17-12(21)5-3-6-13(17)22)9-8-11-10-4-2-7-14(10)23-19(27)16(11)18;1-3-24-15(21)16(8-4-5-13(16)20)11-6-7-12(19(22)23)14(18-2)10(11)9-17;1-3-22-15(21)16(8-4-5-13(16)20)11-6-7-12(18)14(19-2)10(11)9-17;1-11-8-5(4-10)6(9)2-3-7(8)12(13)14;1-2-11-8(10)6-4-3-5-7(6)9/h4,6-7,9-10H,3,5,8,11H2,1-2H3,(H,27,28);3,5-6,8-9H,2,4,7H2,1H3,(H,23,27)(H,24,25);6-7,18H,3-5,8H2,1-2H3;6-7,19H,3-5,8,18H2,1-2H3;2-3,11H,1H3;6H,2-5H2,1H3. The normalized spacial score (nSPS) is 17.3. The van der Waals surface area contributed by atoms with Crippen LogP contribution >= 0.6 is 58.0 Å². The Morgan fingerprint density at radius 2 is 0.908 bits per heavy atom. The van der Waals surface area contributed by atoms with Crippen LogP contribution in [0, 0.1) is 71.5 Å². The van der Waals surface area contributed by atoms with Gasteiger partial charge < -0.3 is 65.4 Å². The van der Waals surface area contributed by atoms with E-state index in [0.717, 1.165) is 47.8 Å². The first kappa shape index (κ1) is 98.4. The van der Waals surface area contributed by atoms with Crippen LogP contribution in [0.5, 0.6) is 0 Å². The highest BCUT2D eigenvalue weighted by atomic mass is 35.5. The molecular formula is C91H90Cl5N17O17. The lowest BCUT2D eigenvalue weighted by Crippen LogP contribution is -2.42. The molecule has 0 radical (unpaired) electrons. The highest BCUT2D eigenvalue weighted by Crippen LogP contribution is 2.49.